The van der Waals surface area contributed by atoms with Crippen LogP contribution < -0.4 is 21.1 Å². The maximum absolute atomic E-state index is 12.9. The van der Waals surface area contributed by atoms with Crippen LogP contribution in [0, 0.1) is 0 Å². The Kier molecular flexibility index (Phi) is 6.25. The second kappa shape index (κ2) is 9.25. The van der Waals surface area contributed by atoms with Crippen LogP contribution in [-0.4, -0.2) is 35.8 Å². The molecule has 36 heavy (non-hydrogen) atoms. The van der Waals surface area contributed by atoms with Crippen molar-refractivity contribution < 1.29 is 8.42 Å². The van der Waals surface area contributed by atoms with Gasteiger partial charge in [0, 0.05) is 36.4 Å². The van der Waals surface area contributed by atoms with Crippen LogP contribution in [0.4, 0.5) is 11.5 Å². The fraction of sp³-hybridized carbons (Fsp3) is 0.0870. The summed E-state index contributed by atoms with van der Waals surface area (Å²) in [6.45, 7) is 0.00208. The van der Waals surface area contributed by atoms with E-state index in [9.17, 15) is 13.2 Å². The highest BCUT2D eigenvalue weighted by Crippen LogP contribution is 2.37. The minimum absolute atomic E-state index is 0.00208. The van der Waals surface area contributed by atoms with Gasteiger partial charge < -0.3 is 14.9 Å². The molecule has 0 amide bonds. The quantitative estimate of drug-likeness (QED) is 0.225. The Hall–Kier alpha value is -3.38. The van der Waals surface area contributed by atoms with Crippen molar-refractivity contribution in [1.82, 2.24) is 24.2 Å². The average molecular weight is 541 g/mol. The van der Waals surface area contributed by atoms with E-state index in [2.05, 4.69) is 25.0 Å². The lowest BCUT2D eigenvalue weighted by Gasteiger charge is -2.15. The van der Waals surface area contributed by atoms with Gasteiger partial charge in [0.05, 0.1) is 38.1 Å². The second-order valence-electron chi connectivity index (χ2n) is 8.24. The van der Waals surface area contributed by atoms with E-state index in [-0.39, 0.29) is 32.7 Å². The first-order valence-corrected chi connectivity index (χ1v) is 13.0. The number of sulfonamides is 1. The fourth-order valence-corrected chi connectivity index (χ4v) is 5.66. The molecule has 182 valence electrons. The SMILES string of the molecule is Bc1ccc2nc(Nc3c(Cl)cc(S(=O)(=O)NCc4nccn4C)cc3Cl)c3cc[nH]c(=O)c3c2c1. The topological polar surface area (TPSA) is 122 Å². The standard InChI is InChI=1S/C23H19BCl2N6O3S/c1-32-7-6-27-19(32)11-29-36(34,35)13-9-16(25)21(17(26)10-13)31-22-14-4-5-28-23(33)20(14)15-8-12(24)2-3-18(15)30-22/h2-10,29H,11,24H2,1H3,(H,28,33)(H,30,31). The van der Waals surface area contributed by atoms with E-state index in [1.54, 1.807) is 30.1 Å². The molecule has 0 radical (unpaired) electrons. The molecule has 0 fully saturated rings. The highest BCUT2D eigenvalue weighted by Gasteiger charge is 2.20. The number of nitrogens with one attached hydrogen (secondary N) is 3. The van der Waals surface area contributed by atoms with Crippen LogP contribution in [0.5, 0.6) is 0 Å². The summed E-state index contributed by atoms with van der Waals surface area (Å²) in [4.78, 5) is 24.1. The molecule has 2 aromatic carbocycles. The van der Waals surface area contributed by atoms with Crippen molar-refractivity contribution in [2.24, 2.45) is 7.05 Å². The minimum Gasteiger partial charge on any atom is -0.337 e. The highest BCUT2D eigenvalue weighted by atomic mass is 35.5. The normalized spacial score (nSPS) is 11.9. The first-order chi connectivity index (χ1) is 17.1. The lowest BCUT2D eigenvalue weighted by atomic mass is 9.93. The van der Waals surface area contributed by atoms with Crippen LogP contribution in [-0.2, 0) is 23.6 Å². The number of nitrogens with zero attached hydrogens (tertiary/aromatic N) is 3. The van der Waals surface area contributed by atoms with Crippen LogP contribution in [0.2, 0.25) is 10.0 Å². The van der Waals surface area contributed by atoms with Gasteiger partial charge in [-0.05, 0) is 24.3 Å². The summed E-state index contributed by atoms with van der Waals surface area (Å²) < 4.78 is 29.9. The van der Waals surface area contributed by atoms with Crippen molar-refractivity contribution in [3.63, 3.8) is 0 Å². The zero-order valence-corrected chi connectivity index (χ0v) is 21.5. The molecule has 3 heterocycles. The van der Waals surface area contributed by atoms with Crippen molar-refractivity contribution in [2.45, 2.75) is 11.4 Å². The summed E-state index contributed by atoms with van der Waals surface area (Å²) in [6, 6.07) is 9.97. The van der Waals surface area contributed by atoms with Crippen molar-refractivity contribution in [3.05, 3.63) is 81.2 Å². The van der Waals surface area contributed by atoms with Gasteiger partial charge in [0.15, 0.2) is 0 Å². The zero-order valence-electron chi connectivity index (χ0n) is 19.1. The van der Waals surface area contributed by atoms with Crippen LogP contribution in [0.15, 0.2) is 64.7 Å². The van der Waals surface area contributed by atoms with Gasteiger partial charge in [-0.15, -0.1) is 0 Å². The molecule has 9 nitrogen and oxygen atoms in total. The summed E-state index contributed by atoms with van der Waals surface area (Å²) in [6.07, 6.45) is 4.83. The Balaban J connectivity index is 1.54. The number of hydrogen-bond acceptors (Lipinski definition) is 6. The number of benzene rings is 2. The Morgan fingerprint density at radius 1 is 1.11 bits per heavy atom. The molecule has 5 aromatic rings. The van der Waals surface area contributed by atoms with Gasteiger partial charge in [0.2, 0.25) is 10.0 Å². The van der Waals surface area contributed by atoms with Crippen molar-refractivity contribution in [1.29, 1.82) is 0 Å². The van der Waals surface area contributed by atoms with E-state index in [4.69, 9.17) is 23.2 Å². The number of halogens is 2. The van der Waals surface area contributed by atoms with Crippen LogP contribution >= 0.6 is 23.2 Å². The maximum Gasteiger partial charge on any atom is 0.256 e. The summed E-state index contributed by atoms with van der Waals surface area (Å²) in [5.74, 6) is 0.910. The molecule has 13 heteroatoms. The first-order valence-electron chi connectivity index (χ1n) is 10.8. The molecule has 0 unspecified atom stereocenters. The summed E-state index contributed by atoms with van der Waals surface area (Å²) in [7, 11) is -0.214. The van der Waals surface area contributed by atoms with Crippen molar-refractivity contribution in [3.8, 4) is 0 Å². The zero-order chi connectivity index (χ0) is 25.6. The third-order valence-electron chi connectivity index (χ3n) is 5.78. The number of hydrogen-bond donors (Lipinski definition) is 3. The van der Waals surface area contributed by atoms with E-state index < -0.39 is 10.0 Å². The van der Waals surface area contributed by atoms with Crippen molar-refractivity contribution in [2.75, 3.05) is 5.32 Å². The minimum atomic E-state index is -3.92. The predicted molar refractivity (Wildman–Crippen MR) is 145 cm³/mol. The van der Waals surface area contributed by atoms with E-state index in [0.717, 1.165) is 10.8 Å². The number of aryl methyl sites for hydroxylation is 1. The van der Waals surface area contributed by atoms with E-state index in [1.807, 2.05) is 26.0 Å². The fourth-order valence-electron chi connectivity index (χ4n) is 3.92. The average Bonchev–Trinajstić information content (AvgIpc) is 3.25. The molecular weight excluding hydrogens is 522 g/mol. The number of fused-ring (bicyclic) bond motifs is 3. The van der Waals surface area contributed by atoms with Crippen LogP contribution in [0.1, 0.15) is 5.82 Å². The Bertz CT molecular complexity index is 1800. The highest BCUT2D eigenvalue weighted by molar-refractivity contribution is 7.89. The van der Waals surface area contributed by atoms with E-state index >= 15 is 0 Å². The largest absolute Gasteiger partial charge is 0.337 e. The molecule has 5 rings (SSSR count). The smallest absolute Gasteiger partial charge is 0.256 e. The lowest BCUT2D eigenvalue weighted by molar-refractivity contribution is 0.577. The third kappa shape index (κ3) is 4.46. The number of anilines is 2. The van der Waals surface area contributed by atoms with Crippen LogP contribution in [0.25, 0.3) is 21.7 Å². The molecule has 0 spiro atoms. The number of H-pyrrole nitrogens is 1. The Labute approximate surface area is 216 Å². The predicted octanol–water partition coefficient (Wildman–Crippen LogP) is 2.60. The first kappa shape index (κ1) is 24.3. The molecule has 0 aliphatic heterocycles. The number of pyridine rings is 2. The van der Waals surface area contributed by atoms with Crippen LogP contribution in [0.3, 0.4) is 0 Å². The molecule has 0 saturated carbocycles. The second-order valence-corrected chi connectivity index (χ2v) is 10.8. The van der Waals surface area contributed by atoms with E-state index in [1.165, 1.54) is 18.3 Å². The molecule has 0 atom stereocenters. The Morgan fingerprint density at radius 3 is 2.56 bits per heavy atom. The summed E-state index contributed by atoms with van der Waals surface area (Å²) in [5.41, 5.74) is 1.61. The monoisotopic (exact) mass is 540 g/mol. The lowest BCUT2D eigenvalue weighted by Crippen LogP contribution is -2.24. The number of imidazole rings is 1. The molecule has 0 saturated heterocycles. The van der Waals surface area contributed by atoms with Gasteiger partial charge in [-0.2, -0.15) is 0 Å². The maximum atomic E-state index is 12.9. The van der Waals surface area contributed by atoms with E-state index in [0.29, 0.717) is 27.9 Å². The van der Waals surface area contributed by atoms with Gasteiger partial charge in [0.1, 0.15) is 19.5 Å². The summed E-state index contributed by atoms with van der Waals surface area (Å²) >= 11 is 13.0. The molecular formula is C23H19BCl2N6O3S. The van der Waals surface area contributed by atoms with Gasteiger partial charge in [0.25, 0.3) is 5.56 Å². The Morgan fingerprint density at radius 2 is 1.86 bits per heavy atom. The number of aromatic amines is 1. The molecule has 3 N–H and O–H groups in total. The molecule has 3 aromatic heterocycles. The van der Waals surface area contributed by atoms with Gasteiger partial charge in [-0.1, -0.05) is 40.8 Å². The molecule has 0 bridgehead atoms. The molecule has 0 aliphatic carbocycles. The van der Waals surface area contributed by atoms with Gasteiger partial charge in [-0.3, -0.25) is 4.79 Å². The molecule has 0 aliphatic rings. The third-order valence-corrected chi connectivity index (χ3v) is 7.76. The number of aromatic nitrogens is 4. The number of rotatable bonds is 6. The summed E-state index contributed by atoms with van der Waals surface area (Å²) in [5, 5.41) is 5.00. The van der Waals surface area contributed by atoms with Gasteiger partial charge >= 0.3 is 0 Å². The van der Waals surface area contributed by atoms with Gasteiger partial charge in [-0.25, -0.2) is 23.1 Å². The van der Waals surface area contributed by atoms with Crippen molar-refractivity contribution >= 4 is 79.7 Å².